The molecular formula is C29H39F2NO3. The zero-order valence-corrected chi connectivity index (χ0v) is 21.4. The quantitative estimate of drug-likeness (QED) is 0.434. The molecule has 0 saturated carbocycles. The van der Waals surface area contributed by atoms with Crippen LogP contribution in [0.1, 0.15) is 67.9 Å². The van der Waals surface area contributed by atoms with E-state index in [1.807, 2.05) is 32.1 Å². The van der Waals surface area contributed by atoms with Crippen LogP contribution in [-0.4, -0.2) is 48.1 Å². The van der Waals surface area contributed by atoms with Crippen LogP contribution in [0.5, 0.6) is 0 Å². The number of aliphatic hydroxyl groups is 1. The van der Waals surface area contributed by atoms with E-state index in [0.29, 0.717) is 24.9 Å². The van der Waals surface area contributed by atoms with Gasteiger partial charge in [0, 0.05) is 13.0 Å². The second-order valence-corrected chi connectivity index (χ2v) is 9.31. The Morgan fingerprint density at radius 1 is 1.14 bits per heavy atom. The Hall–Kier alpha value is -2.41. The van der Waals surface area contributed by atoms with Crippen molar-refractivity contribution in [2.45, 2.75) is 65.6 Å². The lowest BCUT2D eigenvalue weighted by Gasteiger charge is -2.22. The van der Waals surface area contributed by atoms with Gasteiger partial charge >= 0.3 is 0 Å². The Bertz CT molecular complexity index is 970. The number of aliphatic hydroxyl groups excluding tert-OH is 1. The zero-order valence-electron chi connectivity index (χ0n) is 21.4. The molecule has 1 saturated heterocycles. The third kappa shape index (κ3) is 10.8. The van der Waals surface area contributed by atoms with E-state index >= 15 is 0 Å². The van der Waals surface area contributed by atoms with E-state index in [1.54, 1.807) is 26.0 Å². The summed E-state index contributed by atoms with van der Waals surface area (Å²) in [6, 6.07) is 9.83. The van der Waals surface area contributed by atoms with Gasteiger partial charge in [-0.2, -0.15) is 0 Å². The number of likely N-dealkylation sites (tertiary alicyclic amines) is 1. The summed E-state index contributed by atoms with van der Waals surface area (Å²) in [4.78, 5) is 13.3. The molecule has 0 bridgehead atoms. The molecule has 0 spiro atoms. The number of carbonyl (C=O) groups is 1. The van der Waals surface area contributed by atoms with Gasteiger partial charge in [0.1, 0.15) is 17.4 Å². The number of ether oxygens (including phenoxy) is 1. The van der Waals surface area contributed by atoms with Gasteiger partial charge in [0.15, 0.2) is 0 Å². The van der Waals surface area contributed by atoms with Gasteiger partial charge in [0.2, 0.25) is 0 Å². The first-order valence-corrected chi connectivity index (χ1v) is 12.4. The second kappa shape index (κ2) is 14.9. The fraction of sp³-hybridized carbons (Fsp3) is 0.483. The lowest BCUT2D eigenvalue weighted by Crippen LogP contribution is -2.33. The maximum absolute atomic E-state index is 13.7. The number of nitrogens with zero attached hydrogens (tertiary/aromatic N) is 1. The SMILES string of the molecule is CC(=O)CC/C=C/c1ccc(F)cc1C(C)OCC(O)CN1CCCC1.Cc1ccc(C)c(F)c1. The molecule has 0 amide bonds. The first-order chi connectivity index (χ1) is 16.7. The van der Waals surface area contributed by atoms with Crippen molar-refractivity contribution in [3.05, 3.63) is 76.4 Å². The van der Waals surface area contributed by atoms with Crippen molar-refractivity contribution in [1.29, 1.82) is 0 Å². The standard InChI is InChI=1S/C21H30FNO3.C8H9F/c1-16(24)7-3-4-8-18-9-10-19(22)13-21(18)17(2)26-15-20(25)14-23-11-5-6-12-23;1-6-3-4-7(2)8(9)5-6/h4,8-10,13,17,20,25H,3,5-7,11-12,14-15H2,1-2H3;3-5H,1-2H3/b8-4+;. The summed E-state index contributed by atoms with van der Waals surface area (Å²) < 4.78 is 32.1. The molecule has 1 aliphatic rings. The maximum atomic E-state index is 13.7. The zero-order chi connectivity index (χ0) is 25.8. The highest BCUT2D eigenvalue weighted by atomic mass is 19.1. The molecule has 2 aromatic carbocycles. The van der Waals surface area contributed by atoms with Crippen LogP contribution in [0.4, 0.5) is 8.78 Å². The Balaban J connectivity index is 0.000000402. The number of allylic oxidation sites excluding steroid dienone is 1. The molecule has 3 rings (SSSR count). The van der Waals surface area contributed by atoms with Crippen molar-refractivity contribution in [1.82, 2.24) is 4.90 Å². The third-order valence-corrected chi connectivity index (χ3v) is 5.98. The van der Waals surface area contributed by atoms with Gasteiger partial charge in [0.25, 0.3) is 0 Å². The lowest BCUT2D eigenvalue weighted by atomic mass is 10.0. The summed E-state index contributed by atoms with van der Waals surface area (Å²) in [6.45, 7) is 9.98. The minimum Gasteiger partial charge on any atom is -0.389 e. The molecule has 2 atom stereocenters. The summed E-state index contributed by atoms with van der Waals surface area (Å²) in [5.74, 6) is -0.276. The number of Topliss-reactive ketones (excluding diaryl/α,β-unsaturated/α-hetero) is 1. The first-order valence-electron chi connectivity index (χ1n) is 12.4. The smallest absolute Gasteiger partial charge is 0.130 e. The van der Waals surface area contributed by atoms with Crippen LogP contribution in [0.25, 0.3) is 6.08 Å². The van der Waals surface area contributed by atoms with E-state index in [0.717, 1.165) is 29.8 Å². The normalized spacial score (nSPS) is 15.6. The van der Waals surface area contributed by atoms with Crippen molar-refractivity contribution in [3.63, 3.8) is 0 Å². The van der Waals surface area contributed by atoms with E-state index in [-0.39, 0.29) is 30.1 Å². The fourth-order valence-electron chi connectivity index (χ4n) is 3.91. The highest BCUT2D eigenvalue weighted by molar-refractivity contribution is 5.75. The van der Waals surface area contributed by atoms with E-state index in [9.17, 15) is 18.7 Å². The van der Waals surface area contributed by atoms with Gasteiger partial charge < -0.3 is 19.5 Å². The van der Waals surface area contributed by atoms with Gasteiger partial charge in [-0.15, -0.1) is 0 Å². The molecule has 2 aromatic rings. The van der Waals surface area contributed by atoms with E-state index < -0.39 is 6.10 Å². The molecule has 4 nitrogen and oxygen atoms in total. The monoisotopic (exact) mass is 487 g/mol. The van der Waals surface area contributed by atoms with Crippen LogP contribution in [-0.2, 0) is 9.53 Å². The van der Waals surface area contributed by atoms with Gasteiger partial charge in [-0.1, -0.05) is 30.4 Å². The lowest BCUT2D eigenvalue weighted by molar-refractivity contribution is -0.116. The van der Waals surface area contributed by atoms with Gasteiger partial charge in [-0.25, -0.2) is 8.78 Å². The molecule has 1 heterocycles. The highest BCUT2D eigenvalue weighted by Gasteiger charge is 2.18. The Labute approximate surface area is 208 Å². The largest absolute Gasteiger partial charge is 0.389 e. The predicted molar refractivity (Wildman–Crippen MR) is 137 cm³/mol. The van der Waals surface area contributed by atoms with E-state index in [2.05, 4.69) is 4.90 Å². The summed E-state index contributed by atoms with van der Waals surface area (Å²) in [6.07, 6.45) is 6.49. The summed E-state index contributed by atoms with van der Waals surface area (Å²) >= 11 is 0. The molecule has 6 heteroatoms. The number of hydrogen-bond acceptors (Lipinski definition) is 4. The molecular weight excluding hydrogens is 448 g/mol. The number of aryl methyl sites for hydroxylation is 2. The van der Waals surface area contributed by atoms with Crippen molar-refractivity contribution in [2.75, 3.05) is 26.2 Å². The second-order valence-electron chi connectivity index (χ2n) is 9.31. The fourth-order valence-corrected chi connectivity index (χ4v) is 3.91. The highest BCUT2D eigenvalue weighted by Crippen LogP contribution is 2.24. The van der Waals surface area contributed by atoms with Crippen LogP contribution in [0.2, 0.25) is 0 Å². The minimum atomic E-state index is -0.543. The Morgan fingerprint density at radius 3 is 2.49 bits per heavy atom. The third-order valence-electron chi connectivity index (χ3n) is 5.98. The van der Waals surface area contributed by atoms with Crippen LogP contribution >= 0.6 is 0 Å². The number of halogens is 2. The molecule has 0 aliphatic carbocycles. The van der Waals surface area contributed by atoms with Crippen molar-refractivity contribution < 1.29 is 23.4 Å². The molecule has 192 valence electrons. The molecule has 1 fully saturated rings. The molecule has 2 unspecified atom stereocenters. The number of ketones is 1. The van der Waals surface area contributed by atoms with Gasteiger partial charge in [-0.05, 0) is 100 Å². The Morgan fingerprint density at radius 2 is 1.86 bits per heavy atom. The summed E-state index contributed by atoms with van der Waals surface area (Å²) in [5.41, 5.74) is 3.30. The van der Waals surface area contributed by atoms with Crippen LogP contribution in [0, 0.1) is 25.5 Å². The first kappa shape index (κ1) is 28.8. The number of β-amino-alcohol motifs (C(OH)–C–C–N with tert-alkyl or cyclic N) is 1. The average molecular weight is 488 g/mol. The number of carbonyl (C=O) groups excluding carboxylic acids is 1. The van der Waals surface area contributed by atoms with Gasteiger partial charge in [0.05, 0.1) is 18.8 Å². The molecule has 1 aliphatic heterocycles. The molecule has 1 N–H and O–H groups in total. The number of rotatable bonds is 10. The van der Waals surface area contributed by atoms with Crippen LogP contribution in [0.3, 0.4) is 0 Å². The van der Waals surface area contributed by atoms with Crippen LogP contribution < -0.4 is 0 Å². The van der Waals surface area contributed by atoms with Gasteiger partial charge in [-0.3, -0.25) is 0 Å². The predicted octanol–water partition coefficient (Wildman–Crippen LogP) is 6.18. The summed E-state index contributed by atoms with van der Waals surface area (Å²) in [5, 5.41) is 10.2. The minimum absolute atomic E-state index is 0.116. The molecule has 35 heavy (non-hydrogen) atoms. The molecule has 0 aromatic heterocycles. The topological polar surface area (TPSA) is 49.8 Å². The van der Waals surface area contributed by atoms with E-state index in [4.69, 9.17) is 4.74 Å². The number of hydrogen-bond donors (Lipinski definition) is 1. The average Bonchev–Trinajstić information content (AvgIpc) is 3.32. The van der Waals surface area contributed by atoms with Crippen molar-refractivity contribution in [3.8, 4) is 0 Å². The van der Waals surface area contributed by atoms with E-state index in [1.165, 1.54) is 31.0 Å². The van der Waals surface area contributed by atoms with Crippen molar-refractivity contribution >= 4 is 11.9 Å². The number of benzene rings is 2. The Kier molecular flexibility index (Phi) is 12.2. The van der Waals surface area contributed by atoms with Crippen molar-refractivity contribution in [2.24, 2.45) is 0 Å². The molecule has 0 radical (unpaired) electrons. The maximum Gasteiger partial charge on any atom is 0.130 e. The van der Waals surface area contributed by atoms with Crippen LogP contribution in [0.15, 0.2) is 42.5 Å². The summed E-state index contributed by atoms with van der Waals surface area (Å²) in [7, 11) is 0.